The first-order valence-electron chi connectivity index (χ1n) is 5.71. The van der Waals surface area contributed by atoms with Crippen LogP contribution in [-0.4, -0.2) is 17.8 Å². The summed E-state index contributed by atoms with van der Waals surface area (Å²) in [4.78, 5) is 22.1. The van der Waals surface area contributed by atoms with Gasteiger partial charge in [-0.1, -0.05) is 20.8 Å². The maximum Gasteiger partial charge on any atom is 0.276 e. The van der Waals surface area contributed by atoms with Crippen molar-refractivity contribution in [3.63, 3.8) is 0 Å². The Morgan fingerprint density at radius 3 is 2.42 bits per heavy atom. The largest absolute Gasteiger partial charge is 0.494 e. The number of nitro benzene ring substituents is 1. The van der Waals surface area contributed by atoms with Gasteiger partial charge in [0.1, 0.15) is 5.78 Å². The smallest absolute Gasteiger partial charge is 0.276 e. The number of methoxy groups -OCH3 is 1. The van der Waals surface area contributed by atoms with Crippen molar-refractivity contribution in [2.24, 2.45) is 5.41 Å². The second kappa shape index (κ2) is 5.34. The molecule has 0 aliphatic rings. The summed E-state index contributed by atoms with van der Waals surface area (Å²) < 4.78 is 18.2. The summed E-state index contributed by atoms with van der Waals surface area (Å²) >= 11 is 0. The Labute approximate surface area is 110 Å². The van der Waals surface area contributed by atoms with Gasteiger partial charge in [0.05, 0.1) is 18.1 Å². The van der Waals surface area contributed by atoms with E-state index in [0.717, 1.165) is 6.07 Å². The van der Waals surface area contributed by atoms with E-state index in [4.69, 9.17) is 4.74 Å². The summed E-state index contributed by atoms with van der Waals surface area (Å²) in [5, 5.41) is 10.9. The number of hydrogen-bond acceptors (Lipinski definition) is 4. The molecule has 6 heteroatoms. The fourth-order valence-corrected chi connectivity index (χ4v) is 1.49. The zero-order chi connectivity index (χ0) is 14.8. The number of hydrogen-bond donors (Lipinski definition) is 0. The summed E-state index contributed by atoms with van der Waals surface area (Å²) in [6.45, 7) is 5.17. The van der Waals surface area contributed by atoms with Gasteiger partial charge in [0.15, 0.2) is 11.6 Å². The van der Waals surface area contributed by atoms with Crippen molar-refractivity contribution >= 4 is 11.5 Å². The molecule has 104 valence electrons. The van der Waals surface area contributed by atoms with E-state index in [-0.39, 0.29) is 23.5 Å². The second-order valence-corrected chi connectivity index (χ2v) is 5.22. The molecule has 0 aliphatic heterocycles. The van der Waals surface area contributed by atoms with Gasteiger partial charge in [-0.25, -0.2) is 4.39 Å². The first-order chi connectivity index (χ1) is 8.66. The van der Waals surface area contributed by atoms with Crippen LogP contribution in [0, 0.1) is 21.3 Å². The van der Waals surface area contributed by atoms with Crippen LogP contribution in [0.4, 0.5) is 10.1 Å². The summed E-state index contributed by atoms with van der Waals surface area (Å²) in [5.41, 5.74) is -0.866. The molecule has 0 saturated carbocycles. The lowest BCUT2D eigenvalue weighted by Gasteiger charge is -2.16. The van der Waals surface area contributed by atoms with Crippen LogP contribution in [0.25, 0.3) is 0 Å². The maximum atomic E-state index is 13.4. The average molecular weight is 269 g/mol. The molecule has 0 bridgehead atoms. The molecule has 0 spiro atoms. The van der Waals surface area contributed by atoms with Crippen molar-refractivity contribution in [1.82, 2.24) is 0 Å². The lowest BCUT2D eigenvalue weighted by Crippen LogP contribution is -2.22. The summed E-state index contributed by atoms with van der Waals surface area (Å²) in [6.07, 6.45) is -0.129. The highest BCUT2D eigenvalue weighted by Crippen LogP contribution is 2.29. The van der Waals surface area contributed by atoms with Crippen molar-refractivity contribution in [2.75, 3.05) is 7.11 Å². The fourth-order valence-electron chi connectivity index (χ4n) is 1.49. The van der Waals surface area contributed by atoms with E-state index in [1.165, 1.54) is 13.2 Å². The average Bonchev–Trinajstić information content (AvgIpc) is 2.29. The Balaban J connectivity index is 3.25. The standard InChI is InChI=1S/C13H16FNO4/c1-13(2,3)12(16)6-8-5-11(19-4)9(14)7-10(8)15(17)18/h5,7H,6H2,1-4H3. The van der Waals surface area contributed by atoms with Gasteiger partial charge in [0.2, 0.25) is 0 Å². The van der Waals surface area contributed by atoms with Crippen molar-refractivity contribution in [1.29, 1.82) is 0 Å². The van der Waals surface area contributed by atoms with Crippen molar-refractivity contribution in [3.05, 3.63) is 33.6 Å². The highest BCUT2D eigenvalue weighted by atomic mass is 19.1. The predicted molar refractivity (Wildman–Crippen MR) is 67.8 cm³/mol. The van der Waals surface area contributed by atoms with Crippen LogP contribution in [0.5, 0.6) is 5.75 Å². The molecule has 0 atom stereocenters. The molecule has 0 fully saturated rings. The van der Waals surface area contributed by atoms with E-state index in [0.29, 0.717) is 0 Å². The number of nitrogens with zero attached hydrogens (tertiary/aromatic N) is 1. The number of rotatable bonds is 4. The van der Waals surface area contributed by atoms with Gasteiger partial charge < -0.3 is 4.74 Å². The lowest BCUT2D eigenvalue weighted by molar-refractivity contribution is -0.385. The van der Waals surface area contributed by atoms with Crippen molar-refractivity contribution in [2.45, 2.75) is 27.2 Å². The van der Waals surface area contributed by atoms with E-state index in [2.05, 4.69) is 0 Å². The van der Waals surface area contributed by atoms with Gasteiger partial charge in [0.25, 0.3) is 5.69 Å². The molecule has 1 aromatic rings. The van der Waals surface area contributed by atoms with E-state index in [1.54, 1.807) is 20.8 Å². The van der Waals surface area contributed by atoms with Gasteiger partial charge in [-0.2, -0.15) is 0 Å². The summed E-state index contributed by atoms with van der Waals surface area (Å²) in [5.74, 6) is -1.09. The molecule has 0 aromatic heterocycles. The molecule has 0 heterocycles. The van der Waals surface area contributed by atoms with Crippen LogP contribution >= 0.6 is 0 Å². The number of carbonyl (C=O) groups excluding carboxylic acids is 1. The second-order valence-electron chi connectivity index (χ2n) is 5.22. The van der Waals surface area contributed by atoms with Crippen LogP contribution in [0.15, 0.2) is 12.1 Å². The number of Topliss-reactive ketones (excluding diaryl/α,β-unsaturated/α-hetero) is 1. The third kappa shape index (κ3) is 3.49. The molecular weight excluding hydrogens is 253 g/mol. The molecule has 0 saturated heterocycles. The molecule has 19 heavy (non-hydrogen) atoms. The highest BCUT2D eigenvalue weighted by molar-refractivity contribution is 5.86. The minimum Gasteiger partial charge on any atom is -0.494 e. The minimum atomic E-state index is -0.818. The number of ketones is 1. The third-order valence-corrected chi connectivity index (χ3v) is 2.74. The van der Waals surface area contributed by atoms with Crippen LogP contribution < -0.4 is 4.74 Å². The molecule has 1 aromatic carbocycles. The fraction of sp³-hybridized carbons (Fsp3) is 0.462. The molecule has 0 radical (unpaired) electrons. The Morgan fingerprint density at radius 1 is 1.42 bits per heavy atom. The van der Waals surface area contributed by atoms with E-state index < -0.39 is 21.8 Å². The van der Waals surface area contributed by atoms with Gasteiger partial charge in [-0.3, -0.25) is 14.9 Å². The Hall–Kier alpha value is -1.98. The molecular formula is C13H16FNO4. The molecule has 0 aliphatic carbocycles. The monoisotopic (exact) mass is 269 g/mol. The van der Waals surface area contributed by atoms with Gasteiger partial charge >= 0.3 is 0 Å². The van der Waals surface area contributed by atoms with Crippen LogP contribution in [0.1, 0.15) is 26.3 Å². The van der Waals surface area contributed by atoms with Gasteiger partial charge in [0, 0.05) is 17.4 Å². The van der Waals surface area contributed by atoms with Crippen LogP contribution in [0.3, 0.4) is 0 Å². The maximum absolute atomic E-state index is 13.4. The number of carbonyl (C=O) groups is 1. The van der Waals surface area contributed by atoms with Crippen molar-refractivity contribution < 1.29 is 18.8 Å². The topological polar surface area (TPSA) is 69.4 Å². The number of nitro groups is 1. The Bertz CT molecular complexity index is 520. The Kier molecular flexibility index (Phi) is 4.24. The first kappa shape index (κ1) is 15.1. The summed E-state index contributed by atoms with van der Waals surface area (Å²) in [7, 11) is 1.26. The molecule has 1 rings (SSSR count). The molecule has 0 unspecified atom stereocenters. The van der Waals surface area contributed by atoms with E-state index in [9.17, 15) is 19.3 Å². The lowest BCUT2D eigenvalue weighted by atomic mass is 9.87. The molecule has 0 N–H and O–H groups in total. The minimum absolute atomic E-state index is 0.109. The van der Waals surface area contributed by atoms with E-state index in [1.807, 2.05) is 0 Å². The van der Waals surface area contributed by atoms with Gasteiger partial charge in [-0.05, 0) is 6.07 Å². The predicted octanol–water partition coefficient (Wildman–Crippen LogP) is 2.90. The number of benzene rings is 1. The van der Waals surface area contributed by atoms with Crippen molar-refractivity contribution in [3.8, 4) is 5.75 Å². The SMILES string of the molecule is COc1cc(CC(=O)C(C)(C)C)c([N+](=O)[O-])cc1F. The normalized spacial score (nSPS) is 11.2. The number of halogens is 1. The van der Waals surface area contributed by atoms with Crippen LogP contribution in [0.2, 0.25) is 0 Å². The summed E-state index contributed by atoms with van der Waals surface area (Å²) in [6, 6.07) is 1.99. The molecule has 5 nitrogen and oxygen atoms in total. The Morgan fingerprint density at radius 2 is 2.00 bits per heavy atom. The van der Waals surface area contributed by atoms with E-state index >= 15 is 0 Å². The molecule has 0 amide bonds. The number of ether oxygens (including phenoxy) is 1. The zero-order valence-electron chi connectivity index (χ0n) is 11.3. The highest BCUT2D eigenvalue weighted by Gasteiger charge is 2.26. The third-order valence-electron chi connectivity index (χ3n) is 2.74. The van der Waals surface area contributed by atoms with Crippen LogP contribution in [-0.2, 0) is 11.2 Å². The van der Waals surface area contributed by atoms with Gasteiger partial charge in [-0.15, -0.1) is 0 Å². The first-order valence-corrected chi connectivity index (χ1v) is 5.71. The quantitative estimate of drug-likeness (QED) is 0.622. The zero-order valence-corrected chi connectivity index (χ0v) is 11.3.